The standard InChI is InChI=1S/C25H32NSi/c1-17-9-11-21(12-10-17)22-15-23(19(3)13-18(22)2)24-14-20(4)25(16-26(24)5)27(6,7)8/h9-16H,1-8H3/q+1/i2D3,4D3. The van der Waals surface area contributed by atoms with Crippen LogP contribution in [0.25, 0.3) is 22.4 Å². The summed E-state index contributed by atoms with van der Waals surface area (Å²) in [4.78, 5) is 0. The molecule has 2 heteroatoms. The summed E-state index contributed by atoms with van der Waals surface area (Å²) in [5.41, 5.74) is 5.61. The molecule has 0 fully saturated rings. The molecule has 0 saturated carbocycles. The molecule has 27 heavy (non-hydrogen) atoms. The molecule has 0 bridgehead atoms. The molecule has 3 rings (SSSR count). The maximum atomic E-state index is 8.16. The molecule has 2 aromatic carbocycles. The van der Waals surface area contributed by atoms with Crippen LogP contribution in [0.1, 0.15) is 30.5 Å². The van der Waals surface area contributed by atoms with Crippen LogP contribution in [0.2, 0.25) is 19.6 Å². The van der Waals surface area contributed by atoms with Crippen molar-refractivity contribution >= 4 is 13.3 Å². The van der Waals surface area contributed by atoms with Gasteiger partial charge in [0, 0.05) is 25.0 Å². The van der Waals surface area contributed by atoms with Gasteiger partial charge < -0.3 is 0 Å². The van der Waals surface area contributed by atoms with E-state index in [0.717, 1.165) is 33.1 Å². The lowest BCUT2D eigenvalue weighted by atomic mass is 9.92. The molecular weight excluding hydrogens is 342 g/mol. The molecule has 0 saturated heterocycles. The van der Waals surface area contributed by atoms with Gasteiger partial charge in [-0.3, -0.25) is 0 Å². The highest BCUT2D eigenvalue weighted by molar-refractivity contribution is 6.88. The molecule has 1 aromatic heterocycles. The summed E-state index contributed by atoms with van der Waals surface area (Å²) in [5, 5.41) is 0.907. The van der Waals surface area contributed by atoms with Crippen molar-refractivity contribution in [1.29, 1.82) is 0 Å². The zero-order valence-corrected chi connectivity index (χ0v) is 18.1. The molecule has 0 spiro atoms. The van der Waals surface area contributed by atoms with E-state index in [2.05, 4.69) is 19.6 Å². The smallest absolute Gasteiger partial charge is 0.201 e. The third-order valence-electron chi connectivity index (χ3n) is 5.09. The fourth-order valence-corrected chi connectivity index (χ4v) is 4.93. The molecule has 0 N–H and O–H groups in total. The van der Waals surface area contributed by atoms with Gasteiger partial charge in [0.2, 0.25) is 5.69 Å². The Kier molecular flexibility index (Phi) is 3.43. The maximum absolute atomic E-state index is 8.16. The lowest BCUT2D eigenvalue weighted by molar-refractivity contribution is -0.659. The summed E-state index contributed by atoms with van der Waals surface area (Å²) < 4.78 is 50.7. The summed E-state index contributed by atoms with van der Waals surface area (Å²) in [6.07, 6.45) is 1.95. The van der Waals surface area contributed by atoms with Gasteiger partial charge >= 0.3 is 0 Å². The van der Waals surface area contributed by atoms with E-state index < -0.39 is 21.8 Å². The third kappa shape index (κ3) is 3.91. The van der Waals surface area contributed by atoms with Crippen LogP contribution in [-0.4, -0.2) is 8.07 Å². The van der Waals surface area contributed by atoms with Gasteiger partial charge in [0.1, 0.15) is 7.05 Å². The Labute approximate surface area is 174 Å². The lowest BCUT2D eigenvalue weighted by Gasteiger charge is -2.19. The van der Waals surface area contributed by atoms with Crippen LogP contribution >= 0.6 is 0 Å². The van der Waals surface area contributed by atoms with Gasteiger partial charge in [0.25, 0.3) is 0 Å². The van der Waals surface area contributed by atoms with Gasteiger partial charge in [-0.1, -0.05) is 55.5 Å². The first-order valence-corrected chi connectivity index (χ1v) is 12.8. The second-order valence-corrected chi connectivity index (χ2v) is 13.5. The van der Waals surface area contributed by atoms with E-state index in [1.165, 1.54) is 0 Å². The van der Waals surface area contributed by atoms with Gasteiger partial charge in [-0.25, -0.2) is 4.57 Å². The molecule has 0 aliphatic heterocycles. The van der Waals surface area contributed by atoms with Crippen LogP contribution in [-0.2, 0) is 7.05 Å². The Morgan fingerprint density at radius 1 is 0.815 bits per heavy atom. The van der Waals surface area contributed by atoms with E-state index >= 15 is 0 Å². The molecule has 3 aromatic rings. The van der Waals surface area contributed by atoms with Gasteiger partial charge in [-0.15, -0.1) is 0 Å². The van der Waals surface area contributed by atoms with Crippen molar-refractivity contribution in [2.75, 3.05) is 0 Å². The second kappa shape index (κ2) is 7.08. The monoisotopic (exact) mass is 380 g/mol. The number of aromatic nitrogens is 1. The van der Waals surface area contributed by atoms with Crippen molar-refractivity contribution in [3.05, 3.63) is 70.9 Å². The second-order valence-electron chi connectivity index (χ2n) is 8.43. The Morgan fingerprint density at radius 3 is 2.07 bits per heavy atom. The first-order valence-electron chi connectivity index (χ1n) is 12.3. The van der Waals surface area contributed by atoms with E-state index in [1.807, 2.05) is 62.0 Å². The minimum Gasteiger partial charge on any atom is -0.201 e. The molecule has 140 valence electrons. The van der Waals surface area contributed by atoms with Crippen molar-refractivity contribution in [3.8, 4) is 22.4 Å². The van der Waals surface area contributed by atoms with E-state index in [1.54, 1.807) is 12.1 Å². The Hall–Kier alpha value is -2.19. The van der Waals surface area contributed by atoms with Crippen LogP contribution in [0.3, 0.4) is 0 Å². The van der Waals surface area contributed by atoms with Gasteiger partial charge in [-0.2, -0.15) is 0 Å². The minimum absolute atomic E-state index is 0.296. The summed E-state index contributed by atoms with van der Waals surface area (Å²) in [6, 6.07) is 13.2. The maximum Gasteiger partial charge on any atom is 0.212 e. The van der Waals surface area contributed by atoms with Crippen molar-refractivity contribution in [1.82, 2.24) is 0 Å². The van der Waals surface area contributed by atoms with Crippen molar-refractivity contribution < 1.29 is 12.8 Å². The Bertz CT molecular complexity index is 1190. The number of hydrogen-bond donors (Lipinski definition) is 0. The third-order valence-corrected chi connectivity index (χ3v) is 7.10. The number of pyridine rings is 1. The van der Waals surface area contributed by atoms with Crippen LogP contribution < -0.4 is 9.75 Å². The molecule has 0 amide bonds. The molecule has 0 radical (unpaired) electrons. The van der Waals surface area contributed by atoms with Gasteiger partial charge in [0.15, 0.2) is 6.20 Å². The summed E-state index contributed by atoms with van der Waals surface area (Å²) in [6.45, 7) is 5.80. The van der Waals surface area contributed by atoms with E-state index in [4.69, 9.17) is 8.22 Å². The highest BCUT2D eigenvalue weighted by Crippen LogP contribution is 2.31. The molecule has 0 unspecified atom stereocenters. The highest BCUT2D eigenvalue weighted by Gasteiger charge is 2.25. The van der Waals surface area contributed by atoms with Crippen molar-refractivity contribution in [2.45, 2.75) is 47.2 Å². The number of hydrogen-bond acceptors (Lipinski definition) is 0. The van der Waals surface area contributed by atoms with E-state index in [0.29, 0.717) is 16.7 Å². The topological polar surface area (TPSA) is 3.88 Å². The normalized spacial score (nSPS) is 15.9. The molecule has 1 nitrogen and oxygen atoms in total. The average Bonchev–Trinajstić information content (AvgIpc) is 2.66. The SMILES string of the molecule is [2H]C([2H])([2H])c1cc(C)c(-c2cc(C([2H])([2H])[2H])c([Si](C)(C)C)c[n+]2C)cc1-c1ccc(C)cc1. The van der Waals surface area contributed by atoms with Crippen LogP contribution in [0.5, 0.6) is 0 Å². The zero-order valence-electron chi connectivity index (χ0n) is 23.1. The van der Waals surface area contributed by atoms with Gasteiger partial charge in [-0.05, 0) is 61.4 Å². The van der Waals surface area contributed by atoms with Crippen molar-refractivity contribution in [3.63, 3.8) is 0 Å². The summed E-state index contributed by atoms with van der Waals surface area (Å²) >= 11 is 0. The van der Waals surface area contributed by atoms with Crippen LogP contribution in [0, 0.1) is 27.6 Å². The zero-order chi connectivity index (χ0) is 24.9. The predicted octanol–water partition coefficient (Wildman–Crippen LogP) is 5.62. The number of nitrogens with zero attached hydrogens (tertiary/aromatic N) is 1. The number of aryl methyl sites for hydroxylation is 5. The largest absolute Gasteiger partial charge is 0.212 e. The highest BCUT2D eigenvalue weighted by atomic mass is 28.3. The Balaban J connectivity index is 2.36. The number of benzene rings is 2. The number of rotatable bonds is 3. The van der Waals surface area contributed by atoms with Crippen LogP contribution in [0.15, 0.2) is 48.7 Å². The summed E-state index contributed by atoms with van der Waals surface area (Å²) in [5.74, 6) is 0. The van der Waals surface area contributed by atoms with Crippen molar-refractivity contribution in [2.24, 2.45) is 7.05 Å². The average molecular weight is 381 g/mol. The molecule has 0 aliphatic rings. The van der Waals surface area contributed by atoms with E-state index in [9.17, 15) is 0 Å². The predicted molar refractivity (Wildman–Crippen MR) is 120 cm³/mol. The summed E-state index contributed by atoms with van der Waals surface area (Å²) in [7, 11) is 0.00704. The quantitative estimate of drug-likeness (QED) is 0.410. The Morgan fingerprint density at radius 2 is 1.48 bits per heavy atom. The lowest BCUT2D eigenvalue weighted by Crippen LogP contribution is -2.46. The van der Waals surface area contributed by atoms with Crippen LogP contribution in [0.4, 0.5) is 0 Å². The van der Waals surface area contributed by atoms with E-state index in [-0.39, 0.29) is 0 Å². The first kappa shape index (κ1) is 13.1. The fraction of sp³-hybridized carbons (Fsp3) is 0.320. The van der Waals surface area contributed by atoms with Gasteiger partial charge in [0.05, 0.1) is 8.07 Å². The fourth-order valence-electron chi connectivity index (χ4n) is 3.47. The minimum atomic E-state index is -2.27. The molecule has 0 aliphatic carbocycles. The molecular formula is C25H32NSi+. The molecule has 1 heterocycles. The molecule has 0 atom stereocenters. The first-order chi connectivity index (χ1) is 15.0.